The van der Waals surface area contributed by atoms with Gasteiger partial charge < -0.3 is 29.8 Å². The second-order valence-corrected chi connectivity index (χ2v) is 9.83. The van der Waals surface area contributed by atoms with Crippen LogP contribution in [0.1, 0.15) is 61.3 Å². The fourth-order valence-corrected chi connectivity index (χ4v) is 4.29. The Morgan fingerprint density at radius 3 is 2.62 bits per heavy atom. The number of hydrogen-bond donors (Lipinski definition) is 2. The highest BCUT2D eigenvalue weighted by atomic mass is 35.5. The molecule has 3 fully saturated rings. The number of halogens is 3. The van der Waals surface area contributed by atoms with Crippen molar-refractivity contribution in [2.45, 2.75) is 57.7 Å². The maximum Gasteiger partial charge on any atom is 0.387 e. The third kappa shape index (κ3) is 6.51. The van der Waals surface area contributed by atoms with E-state index in [9.17, 15) is 18.4 Å². The Labute approximate surface area is 219 Å². The van der Waals surface area contributed by atoms with Crippen LogP contribution in [0.25, 0.3) is 11.5 Å². The molecule has 5 rings (SSSR count). The molecule has 3 N–H and O–H groups in total. The number of aromatic nitrogens is 1. The molecule has 9 nitrogen and oxygen atoms in total. The van der Waals surface area contributed by atoms with E-state index in [1.54, 1.807) is 11.8 Å². The van der Waals surface area contributed by atoms with Gasteiger partial charge in [-0.1, -0.05) is 0 Å². The van der Waals surface area contributed by atoms with Gasteiger partial charge in [0.2, 0.25) is 11.8 Å². The van der Waals surface area contributed by atoms with Gasteiger partial charge in [-0.25, -0.2) is 4.98 Å². The van der Waals surface area contributed by atoms with Crippen LogP contribution < -0.4 is 20.5 Å². The second-order valence-electron chi connectivity index (χ2n) is 9.83. The van der Waals surface area contributed by atoms with E-state index in [4.69, 9.17) is 14.9 Å². The van der Waals surface area contributed by atoms with Crippen LogP contribution in [0.5, 0.6) is 11.5 Å². The Hall–Kier alpha value is -2.92. The molecule has 2 atom stereocenters. The van der Waals surface area contributed by atoms with Gasteiger partial charge >= 0.3 is 6.61 Å². The second kappa shape index (κ2) is 11.2. The molecule has 2 aromatic rings. The predicted octanol–water partition coefficient (Wildman–Crippen LogP) is 3.91. The van der Waals surface area contributed by atoms with E-state index < -0.39 is 18.6 Å². The van der Waals surface area contributed by atoms with Crippen LogP contribution in [0.15, 0.2) is 22.6 Å². The van der Waals surface area contributed by atoms with Crippen LogP contribution in [0.4, 0.5) is 8.78 Å². The van der Waals surface area contributed by atoms with Gasteiger partial charge in [-0.2, -0.15) is 8.78 Å². The summed E-state index contributed by atoms with van der Waals surface area (Å²) in [4.78, 5) is 31.6. The minimum absolute atomic E-state index is 0. The van der Waals surface area contributed by atoms with Crippen LogP contribution in [-0.4, -0.2) is 54.0 Å². The Morgan fingerprint density at radius 2 is 1.97 bits per heavy atom. The third-order valence-corrected chi connectivity index (χ3v) is 6.62. The summed E-state index contributed by atoms with van der Waals surface area (Å²) in [6.45, 7) is 0.158. The minimum atomic E-state index is -2.99. The predicted molar refractivity (Wildman–Crippen MR) is 132 cm³/mol. The normalized spacial score (nSPS) is 19.9. The number of rotatable bonds is 10. The van der Waals surface area contributed by atoms with Crippen molar-refractivity contribution in [2.24, 2.45) is 17.6 Å². The zero-order chi connectivity index (χ0) is 25.4. The molecular formula is C25H31ClF2N4O5. The largest absolute Gasteiger partial charge is 0.489 e. The van der Waals surface area contributed by atoms with Crippen LogP contribution in [-0.2, 0) is 4.79 Å². The van der Waals surface area contributed by atoms with Gasteiger partial charge in [-0.15, -0.1) is 12.4 Å². The number of benzene rings is 1. The molecule has 0 spiro atoms. The Morgan fingerprint density at radius 1 is 1.22 bits per heavy atom. The fourth-order valence-electron chi connectivity index (χ4n) is 4.29. The summed E-state index contributed by atoms with van der Waals surface area (Å²) in [6.07, 6.45) is 4.61. The summed E-state index contributed by atoms with van der Waals surface area (Å²) in [5.74, 6) is 0.648. The molecule has 1 aromatic carbocycles. The number of oxazole rings is 1. The summed E-state index contributed by atoms with van der Waals surface area (Å²) in [7, 11) is 0. The van der Waals surface area contributed by atoms with E-state index in [1.165, 1.54) is 18.2 Å². The topological polar surface area (TPSA) is 120 Å². The number of nitrogens with two attached hydrogens (primary N) is 1. The summed E-state index contributed by atoms with van der Waals surface area (Å²) >= 11 is 0. The van der Waals surface area contributed by atoms with E-state index in [-0.39, 0.29) is 59.1 Å². The van der Waals surface area contributed by atoms with Gasteiger partial charge in [0.25, 0.3) is 5.91 Å². The SMILES string of the molecule is C[C@H](N)c1oc(-c2ccc(OC(F)F)c(OCC3CC3)c2)nc1C(=O)N[C@@H]1CCN(C(=O)C2CC2)C1.Cl. The van der Waals surface area contributed by atoms with Gasteiger partial charge in [0.1, 0.15) is 0 Å². The number of hydrogen-bond acceptors (Lipinski definition) is 7. The number of likely N-dealkylation sites (tertiary alicyclic amines) is 1. The van der Waals surface area contributed by atoms with E-state index in [0.717, 1.165) is 25.7 Å². The van der Waals surface area contributed by atoms with E-state index in [0.29, 0.717) is 37.6 Å². The monoisotopic (exact) mass is 540 g/mol. The molecule has 2 aliphatic carbocycles. The zero-order valence-electron chi connectivity index (χ0n) is 20.5. The summed E-state index contributed by atoms with van der Waals surface area (Å²) < 4.78 is 41.9. The van der Waals surface area contributed by atoms with Crippen molar-refractivity contribution in [3.8, 4) is 23.0 Å². The highest BCUT2D eigenvalue weighted by molar-refractivity contribution is 5.94. The Balaban J connectivity index is 0.00000320. The first-order valence-corrected chi connectivity index (χ1v) is 12.4. The lowest BCUT2D eigenvalue weighted by Gasteiger charge is -2.16. The van der Waals surface area contributed by atoms with Crippen LogP contribution in [0.2, 0.25) is 0 Å². The van der Waals surface area contributed by atoms with Crippen molar-refractivity contribution >= 4 is 24.2 Å². The summed E-state index contributed by atoms with van der Waals surface area (Å²) in [5, 5.41) is 2.94. The number of carbonyl (C=O) groups excluding carboxylic acids is 2. The smallest absolute Gasteiger partial charge is 0.387 e. The van der Waals surface area contributed by atoms with Crippen LogP contribution in [0.3, 0.4) is 0 Å². The lowest BCUT2D eigenvalue weighted by Crippen LogP contribution is -2.39. The number of amides is 2. The first kappa shape index (κ1) is 27.1. The average molecular weight is 541 g/mol. The molecule has 37 heavy (non-hydrogen) atoms. The quantitative estimate of drug-likeness (QED) is 0.469. The van der Waals surface area contributed by atoms with Gasteiger partial charge in [0.05, 0.1) is 12.6 Å². The van der Waals surface area contributed by atoms with Crippen molar-refractivity contribution in [1.29, 1.82) is 0 Å². The van der Waals surface area contributed by atoms with Gasteiger partial charge in [-0.05, 0) is 63.1 Å². The summed E-state index contributed by atoms with van der Waals surface area (Å²) in [6, 6.07) is 3.59. The number of carbonyl (C=O) groups is 2. The van der Waals surface area contributed by atoms with Crippen molar-refractivity contribution in [2.75, 3.05) is 19.7 Å². The number of nitrogens with one attached hydrogen (secondary N) is 1. The molecule has 0 radical (unpaired) electrons. The van der Waals surface area contributed by atoms with Crippen molar-refractivity contribution < 1.29 is 32.3 Å². The Bertz CT molecular complexity index is 1140. The lowest BCUT2D eigenvalue weighted by molar-refractivity contribution is -0.131. The molecule has 1 saturated heterocycles. The number of ether oxygens (including phenoxy) is 2. The molecule has 1 aliphatic heterocycles. The standard InChI is InChI=1S/C25H30F2N4O5.ClH/c1-13(28)21-20(22(32)29-17-8-9-31(11-17)24(33)15-4-5-15)30-23(36-21)16-6-7-18(35-25(26)27)19(10-16)34-12-14-2-3-14;/h6-7,10,13-15,17,25H,2-5,8-9,11-12,28H2,1H3,(H,29,32);1H/t13-,17+;/m0./s1. The average Bonchev–Trinajstić information content (AvgIpc) is 3.76. The lowest BCUT2D eigenvalue weighted by atomic mass is 10.2. The molecule has 12 heteroatoms. The highest BCUT2D eigenvalue weighted by Gasteiger charge is 2.37. The molecule has 2 amide bonds. The van der Waals surface area contributed by atoms with Gasteiger partial charge in [0.15, 0.2) is 23.0 Å². The van der Waals surface area contributed by atoms with Crippen molar-refractivity contribution in [3.05, 3.63) is 29.7 Å². The molecule has 0 unspecified atom stereocenters. The molecule has 3 aliphatic rings. The molecule has 2 saturated carbocycles. The van der Waals surface area contributed by atoms with Crippen molar-refractivity contribution in [3.63, 3.8) is 0 Å². The summed E-state index contributed by atoms with van der Waals surface area (Å²) in [5.41, 5.74) is 6.55. The minimum Gasteiger partial charge on any atom is -0.489 e. The van der Waals surface area contributed by atoms with Gasteiger partial charge in [0, 0.05) is 30.6 Å². The molecule has 202 valence electrons. The molecule has 2 heterocycles. The molecule has 0 bridgehead atoms. The van der Waals surface area contributed by atoms with Gasteiger partial charge in [-0.3, -0.25) is 9.59 Å². The Kier molecular flexibility index (Phi) is 8.23. The van der Waals surface area contributed by atoms with E-state index >= 15 is 0 Å². The fraction of sp³-hybridized carbons (Fsp3) is 0.560. The number of alkyl halides is 2. The highest BCUT2D eigenvalue weighted by Crippen LogP contribution is 2.37. The maximum atomic E-state index is 13.1. The third-order valence-electron chi connectivity index (χ3n) is 6.62. The molecule has 1 aromatic heterocycles. The maximum absolute atomic E-state index is 13.1. The zero-order valence-corrected chi connectivity index (χ0v) is 21.3. The van der Waals surface area contributed by atoms with Crippen LogP contribution >= 0.6 is 12.4 Å². The van der Waals surface area contributed by atoms with Crippen LogP contribution in [0, 0.1) is 11.8 Å². The first-order chi connectivity index (χ1) is 17.3. The first-order valence-electron chi connectivity index (χ1n) is 12.4. The number of nitrogens with zero attached hydrogens (tertiary/aromatic N) is 2. The van der Waals surface area contributed by atoms with E-state index in [2.05, 4.69) is 15.0 Å². The molecular weight excluding hydrogens is 510 g/mol. The van der Waals surface area contributed by atoms with Crippen molar-refractivity contribution in [1.82, 2.24) is 15.2 Å². The van der Waals surface area contributed by atoms with E-state index in [1.807, 2.05) is 0 Å².